The summed E-state index contributed by atoms with van der Waals surface area (Å²) in [5.41, 5.74) is 2.38. The van der Waals surface area contributed by atoms with E-state index in [1.165, 1.54) is 29.2 Å². The first-order valence-corrected chi connectivity index (χ1v) is 9.33. The molecule has 0 radical (unpaired) electrons. The van der Waals surface area contributed by atoms with Crippen molar-refractivity contribution in [1.82, 2.24) is 15.3 Å². The second-order valence-corrected chi connectivity index (χ2v) is 7.23. The van der Waals surface area contributed by atoms with Gasteiger partial charge in [0, 0.05) is 33.2 Å². The fourth-order valence-corrected chi connectivity index (χ4v) is 3.42. The number of hydroxylamine groups is 2. The predicted octanol–water partition coefficient (Wildman–Crippen LogP) is 4.06. The molecule has 1 fully saturated rings. The number of benzene rings is 2. The summed E-state index contributed by atoms with van der Waals surface area (Å²) in [5.74, 6) is -0.805. The molecule has 0 unspecified atom stereocenters. The van der Waals surface area contributed by atoms with E-state index in [0.717, 1.165) is 11.1 Å². The zero-order valence-electron chi connectivity index (χ0n) is 15.7. The second-order valence-electron chi connectivity index (χ2n) is 6.82. The molecule has 1 aliphatic heterocycles. The molecule has 150 valence electrons. The van der Waals surface area contributed by atoms with Crippen LogP contribution in [0.5, 0.6) is 0 Å². The molecule has 3 rings (SSSR count). The van der Waals surface area contributed by atoms with E-state index in [-0.39, 0.29) is 23.4 Å². The number of nitrogens with one attached hydrogen (secondary N) is 1. The smallest absolute Gasteiger partial charge is 0.350 e. The van der Waals surface area contributed by atoms with Crippen molar-refractivity contribution in [2.24, 2.45) is 0 Å². The van der Waals surface area contributed by atoms with Crippen molar-refractivity contribution in [2.45, 2.75) is 19.5 Å². The number of hydrogen-bond donors (Lipinski definition) is 1. The molecular formula is C20H22ClF2N3O2. The Bertz CT molecular complexity index is 865. The maximum Gasteiger partial charge on any atom is 0.428 e. The fourth-order valence-electron chi connectivity index (χ4n) is 3.22. The molecule has 1 atom stereocenters. The first-order valence-electron chi connectivity index (χ1n) is 8.95. The summed E-state index contributed by atoms with van der Waals surface area (Å²) in [6, 6.07) is 8.69. The largest absolute Gasteiger partial charge is 0.428 e. The molecule has 1 N–H and O–H groups in total. The molecule has 2 aromatic rings. The van der Waals surface area contributed by atoms with E-state index >= 15 is 0 Å². The van der Waals surface area contributed by atoms with E-state index in [1.807, 2.05) is 6.92 Å². The monoisotopic (exact) mass is 409 g/mol. The topological polar surface area (TPSA) is 44.8 Å². The highest BCUT2D eigenvalue weighted by molar-refractivity contribution is 6.30. The third-order valence-electron chi connectivity index (χ3n) is 4.70. The van der Waals surface area contributed by atoms with Gasteiger partial charge in [0.05, 0.1) is 11.1 Å². The fraction of sp³-hybridized carbons (Fsp3) is 0.350. The lowest BCUT2D eigenvalue weighted by molar-refractivity contribution is -0.150. The van der Waals surface area contributed by atoms with E-state index in [2.05, 4.69) is 5.32 Å². The Morgan fingerprint density at radius 1 is 1.32 bits per heavy atom. The van der Waals surface area contributed by atoms with Crippen molar-refractivity contribution in [3.8, 4) is 0 Å². The van der Waals surface area contributed by atoms with Gasteiger partial charge in [0.2, 0.25) is 0 Å². The van der Waals surface area contributed by atoms with E-state index in [1.54, 1.807) is 24.2 Å². The van der Waals surface area contributed by atoms with Crippen LogP contribution in [0.1, 0.15) is 22.7 Å². The van der Waals surface area contributed by atoms with Crippen molar-refractivity contribution < 1.29 is 18.4 Å². The normalized spacial score (nSPS) is 17.4. The average Bonchev–Trinajstić information content (AvgIpc) is 2.65. The van der Waals surface area contributed by atoms with Crippen LogP contribution in [-0.4, -0.2) is 42.7 Å². The number of aryl methyl sites for hydroxylation is 1. The van der Waals surface area contributed by atoms with E-state index in [0.29, 0.717) is 25.2 Å². The minimum atomic E-state index is -0.535. The molecule has 1 aliphatic rings. The Labute approximate surface area is 167 Å². The van der Waals surface area contributed by atoms with E-state index < -0.39 is 11.9 Å². The molecular weight excluding hydrogens is 388 g/mol. The van der Waals surface area contributed by atoms with E-state index in [9.17, 15) is 13.6 Å². The molecule has 8 heteroatoms. The van der Waals surface area contributed by atoms with Gasteiger partial charge in [0.1, 0.15) is 11.6 Å². The van der Waals surface area contributed by atoms with Crippen molar-refractivity contribution in [2.75, 3.05) is 26.7 Å². The third kappa shape index (κ3) is 4.79. The molecule has 1 saturated heterocycles. The Morgan fingerprint density at radius 3 is 2.82 bits per heavy atom. The molecule has 1 amide bonds. The number of hydrogen-bond acceptors (Lipinski definition) is 4. The Morgan fingerprint density at radius 2 is 2.11 bits per heavy atom. The molecule has 0 spiro atoms. The van der Waals surface area contributed by atoms with Crippen LogP contribution in [0.2, 0.25) is 5.02 Å². The summed E-state index contributed by atoms with van der Waals surface area (Å²) in [6.07, 6.45) is -0.535. The highest BCUT2D eigenvalue weighted by Crippen LogP contribution is 2.26. The molecule has 5 nitrogen and oxygen atoms in total. The van der Waals surface area contributed by atoms with Gasteiger partial charge in [-0.05, 0) is 47.9 Å². The van der Waals surface area contributed by atoms with Gasteiger partial charge >= 0.3 is 6.09 Å². The molecule has 28 heavy (non-hydrogen) atoms. The van der Waals surface area contributed by atoms with Crippen molar-refractivity contribution >= 4 is 17.7 Å². The van der Waals surface area contributed by atoms with Crippen molar-refractivity contribution in [3.63, 3.8) is 0 Å². The summed E-state index contributed by atoms with van der Waals surface area (Å²) in [7, 11) is 1.60. The van der Waals surface area contributed by atoms with Crippen LogP contribution in [0, 0.1) is 18.6 Å². The van der Waals surface area contributed by atoms with E-state index in [4.69, 9.17) is 16.4 Å². The number of carbonyl (C=O) groups is 1. The van der Waals surface area contributed by atoms with Crippen LogP contribution >= 0.6 is 11.6 Å². The maximum absolute atomic E-state index is 13.4. The van der Waals surface area contributed by atoms with Gasteiger partial charge in [-0.15, -0.1) is 5.06 Å². The average molecular weight is 410 g/mol. The lowest BCUT2D eigenvalue weighted by Crippen LogP contribution is -2.48. The van der Waals surface area contributed by atoms with Crippen molar-refractivity contribution in [1.29, 1.82) is 0 Å². The van der Waals surface area contributed by atoms with Crippen LogP contribution < -0.4 is 5.32 Å². The van der Waals surface area contributed by atoms with Crippen LogP contribution in [0.25, 0.3) is 0 Å². The van der Waals surface area contributed by atoms with Crippen molar-refractivity contribution in [3.05, 3.63) is 69.7 Å². The number of halogens is 3. The maximum atomic E-state index is 13.4. The first kappa shape index (κ1) is 20.5. The summed E-state index contributed by atoms with van der Waals surface area (Å²) >= 11 is 5.79. The van der Waals surface area contributed by atoms with Gasteiger partial charge < -0.3 is 15.1 Å². The Kier molecular flexibility index (Phi) is 6.49. The highest BCUT2D eigenvalue weighted by Gasteiger charge is 2.29. The number of rotatable bonds is 4. The van der Waals surface area contributed by atoms with Gasteiger partial charge in [-0.3, -0.25) is 0 Å². The lowest BCUT2D eigenvalue weighted by atomic mass is 9.99. The van der Waals surface area contributed by atoms with Gasteiger partial charge in [0.25, 0.3) is 0 Å². The van der Waals surface area contributed by atoms with Gasteiger partial charge in [-0.25, -0.2) is 13.6 Å². The second kappa shape index (κ2) is 8.86. The number of amides is 1. The SMILES string of the molecule is Cc1cc(F)ccc1[C@H]1CNCCN1OC(=O)N(C)Cc1ccc(F)c(Cl)c1. The molecule has 0 bridgehead atoms. The summed E-state index contributed by atoms with van der Waals surface area (Å²) < 4.78 is 26.7. The van der Waals surface area contributed by atoms with Crippen LogP contribution in [0.3, 0.4) is 0 Å². The van der Waals surface area contributed by atoms with Crippen LogP contribution in [0.15, 0.2) is 36.4 Å². The predicted molar refractivity (Wildman–Crippen MR) is 103 cm³/mol. The zero-order valence-corrected chi connectivity index (χ0v) is 16.5. The molecule has 0 aliphatic carbocycles. The van der Waals surface area contributed by atoms with Gasteiger partial charge in [0.15, 0.2) is 0 Å². The molecule has 0 saturated carbocycles. The van der Waals surface area contributed by atoms with Crippen LogP contribution in [-0.2, 0) is 11.4 Å². The third-order valence-corrected chi connectivity index (χ3v) is 4.99. The highest BCUT2D eigenvalue weighted by atomic mass is 35.5. The minimum absolute atomic E-state index is 0.00761. The summed E-state index contributed by atoms with van der Waals surface area (Å²) in [5, 5.41) is 4.89. The standard InChI is InChI=1S/C20H22ClF2N3O2/c1-13-9-15(22)4-5-16(13)19-11-24-7-8-26(19)28-20(27)25(2)12-14-3-6-18(23)17(21)10-14/h3-6,9-10,19,24H,7-8,11-12H2,1-2H3/t19-/m1/s1. The molecule has 2 aromatic carbocycles. The van der Waals surface area contributed by atoms with Gasteiger partial charge in [-0.2, -0.15) is 0 Å². The minimum Gasteiger partial charge on any atom is -0.350 e. The number of carbonyl (C=O) groups excluding carboxylic acids is 1. The first-order chi connectivity index (χ1) is 13.3. The number of piperazine rings is 1. The number of nitrogens with zero attached hydrogens (tertiary/aromatic N) is 2. The lowest BCUT2D eigenvalue weighted by Gasteiger charge is -2.36. The summed E-state index contributed by atoms with van der Waals surface area (Å²) in [6.45, 7) is 3.81. The molecule has 0 aromatic heterocycles. The Hall–Kier alpha value is -2.22. The molecule has 1 heterocycles. The zero-order chi connectivity index (χ0) is 20.3. The quantitative estimate of drug-likeness (QED) is 0.827. The van der Waals surface area contributed by atoms with Crippen LogP contribution in [0.4, 0.5) is 13.6 Å². The van der Waals surface area contributed by atoms with Gasteiger partial charge in [-0.1, -0.05) is 23.7 Å². The Balaban J connectivity index is 1.68. The summed E-state index contributed by atoms with van der Waals surface area (Å²) in [4.78, 5) is 19.6.